The fraction of sp³-hybridized carbons (Fsp3) is 0.292. The van der Waals surface area contributed by atoms with Crippen LogP contribution in [0.25, 0.3) is 6.08 Å². The van der Waals surface area contributed by atoms with Crippen molar-refractivity contribution in [2.24, 2.45) is 0 Å². The summed E-state index contributed by atoms with van der Waals surface area (Å²) in [6.45, 7) is 0.436. The van der Waals surface area contributed by atoms with E-state index in [1.165, 1.54) is 35.9 Å². The van der Waals surface area contributed by atoms with Gasteiger partial charge < -0.3 is 19.5 Å². The largest absolute Gasteiger partial charge is 0.493 e. The number of anilines is 1. The van der Waals surface area contributed by atoms with Crippen LogP contribution in [0, 0.1) is 0 Å². The number of nitrogens with zero attached hydrogens (tertiary/aromatic N) is 1. The zero-order valence-electron chi connectivity index (χ0n) is 19.4. The van der Waals surface area contributed by atoms with Crippen molar-refractivity contribution in [3.63, 3.8) is 0 Å². The smallest absolute Gasteiger partial charge is 0.418 e. The van der Waals surface area contributed by atoms with Crippen LogP contribution >= 0.6 is 24.0 Å². The van der Waals surface area contributed by atoms with Crippen LogP contribution in [-0.4, -0.2) is 55.0 Å². The third kappa shape index (κ3) is 6.99. The molecule has 0 spiro atoms. The SMILES string of the molecule is COCCCN1C(=O)/C(=C/c2ccc(OCC(=O)Nc3ccccc3C(F)(F)F)c(OC)c2)SC1=S. The van der Waals surface area contributed by atoms with E-state index in [0.717, 1.165) is 12.1 Å². The third-order valence-corrected chi connectivity index (χ3v) is 6.33. The maximum Gasteiger partial charge on any atom is 0.418 e. The van der Waals surface area contributed by atoms with Crippen LogP contribution < -0.4 is 14.8 Å². The molecule has 192 valence electrons. The molecule has 0 aliphatic carbocycles. The molecular weight excluding hydrogens is 517 g/mol. The Labute approximate surface area is 215 Å². The number of thiocarbonyl (C=S) groups is 1. The molecule has 36 heavy (non-hydrogen) atoms. The molecule has 3 rings (SSSR count). The summed E-state index contributed by atoms with van der Waals surface area (Å²) in [5, 5.41) is 2.22. The second-order valence-corrected chi connectivity index (χ2v) is 9.15. The van der Waals surface area contributed by atoms with Gasteiger partial charge in [-0.15, -0.1) is 0 Å². The van der Waals surface area contributed by atoms with Gasteiger partial charge in [-0.2, -0.15) is 13.2 Å². The van der Waals surface area contributed by atoms with E-state index in [1.54, 1.807) is 31.4 Å². The summed E-state index contributed by atoms with van der Waals surface area (Å²) in [5.74, 6) is -0.477. The fourth-order valence-electron chi connectivity index (χ4n) is 3.27. The number of alkyl halides is 3. The Morgan fingerprint density at radius 3 is 2.61 bits per heavy atom. The Kier molecular flexibility index (Phi) is 9.35. The maximum atomic E-state index is 13.1. The van der Waals surface area contributed by atoms with Crippen molar-refractivity contribution in [3.8, 4) is 11.5 Å². The number of methoxy groups -OCH3 is 2. The first-order chi connectivity index (χ1) is 17.1. The third-order valence-electron chi connectivity index (χ3n) is 4.95. The average molecular weight is 541 g/mol. The van der Waals surface area contributed by atoms with Gasteiger partial charge >= 0.3 is 6.18 Å². The standard InChI is InChI=1S/C24H23F3N2O5S2/c1-32-11-5-10-29-22(31)20(36-23(29)35)13-15-8-9-18(19(12-15)33-2)34-14-21(30)28-17-7-4-3-6-16(17)24(25,26)27/h3-4,6-9,12-13H,5,10-11,14H2,1-2H3,(H,28,30)/b20-13-. The lowest BCUT2D eigenvalue weighted by atomic mass is 10.1. The van der Waals surface area contributed by atoms with Crippen LogP contribution in [0.2, 0.25) is 0 Å². The van der Waals surface area contributed by atoms with Crippen LogP contribution in [-0.2, 0) is 20.5 Å². The van der Waals surface area contributed by atoms with E-state index in [9.17, 15) is 22.8 Å². The van der Waals surface area contributed by atoms with E-state index in [1.807, 2.05) is 0 Å². The highest BCUT2D eigenvalue weighted by molar-refractivity contribution is 8.26. The van der Waals surface area contributed by atoms with Crippen molar-refractivity contribution in [3.05, 3.63) is 58.5 Å². The lowest BCUT2D eigenvalue weighted by Gasteiger charge is -2.15. The van der Waals surface area contributed by atoms with Gasteiger partial charge in [-0.25, -0.2) is 0 Å². The topological polar surface area (TPSA) is 77.1 Å². The highest BCUT2D eigenvalue weighted by Crippen LogP contribution is 2.36. The highest BCUT2D eigenvalue weighted by Gasteiger charge is 2.34. The molecule has 1 heterocycles. The Morgan fingerprint density at radius 2 is 1.92 bits per heavy atom. The Balaban J connectivity index is 1.66. The monoisotopic (exact) mass is 540 g/mol. The average Bonchev–Trinajstić information content (AvgIpc) is 3.10. The summed E-state index contributed by atoms with van der Waals surface area (Å²) in [5.41, 5.74) is -0.676. The van der Waals surface area contributed by atoms with Gasteiger partial charge in [0.1, 0.15) is 4.32 Å². The van der Waals surface area contributed by atoms with Crippen molar-refractivity contribution in [2.75, 3.05) is 39.3 Å². The number of hydrogen-bond acceptors (Lipinski definition) is 7. The number of nitrogens with one attached hydrogen (secondary N) is 1. The molecule has 0 aromatic heterocycles. The van der Waals surface area contributed by atoms with Gasteiger partial charge in [-0.3, -0.25) is 14.5 Å². The van der Waals surface area contributed by atoms with Gasteiger partial charge in [0.05, 0.1) is 23.3 Å². The summed E-state index contributed by atoms with van der Waals surface area (Å²) >= 11 is 6.50. The second-order valence-electron chi connectivity index (χ2n) is 7.47. The van der Waals surface area contributed by atoms with Crippen molar-refractivity contribution in [1.82, 2.24) is 4.90 Å². The van der Waals surface area contributed by atoms with Crippen LogP contribution in [0.5, 0.6) is 11.5 Å². The summed E-state index contributed by atoms with van der Waals surface area (Å²) in [7, 11) is 2.99. The molecule has 7 nitrogen and oxygen atoms in total. The molecule has 1 fully saturated rings. The van der Waals surface area contributed by atoms with Crippen molar-refractivity contribution >= 4 is 51.9 Å². The molecule has 2 amide bonds. The molecule has 1 N–H and O–H groups in total. The molecule has 1 aliphatic rings. The van der Waals surface area contributed by atoms with E-state index in [-0.39, 0.29) is 23.1 Å². The van der Waals surface area contributed by atoms with Crippen LogP contribution in [0.1, 0.15) is 17.5 Å². The van der Waals surface area contributed by atoms with Gasteiger partial charge in [-0.1, -0.05) is 42.2 Å². The number of amides is 2. The number of halogens is 3. The molecule has 1 aliphatic heterocycles. The van der Waals surface area contributed by atoms with Crippen molar-refractivity contribution in [2.45, 2.75) is 12.6 Å². The lowest BCUT2D eigenvalue weighted by molar-refractivity contribution is -0.137. The number of benzene rings is 2. The molecular formula is C24H23F3N2O5S2. The van der Waals surface area contributed by atoms with Gasteiger partial charge in [0.2, 0.25) is 0 Å². The number of carbonyl (C=O) groups excluding carboxylic acids is 2. The van der Waals surface area contributed by atoms with Gasteiger partial charge in [0.25, 0.3) is 11.8 Å². The van der Waals surface area contributed by atoms with Gasteiger partial charge in [-0.05, 0) is 42.3 Å². The summed E-state index contributed by atoms with van der Waals surface area (Å²) in [4.78, 5) is 26.9. The van der Waals surface area contributed by atoms with E-state index < -0.39 is 24.3 Å². The Hall–Kier alpha value is -3.09. The second kappa shape index (κ2) is 12.2. The van der Waals surface area contributed by atoms with Gasteiger partial charge in [0.15, 0.2) is 18.1 Å². The normalized spacial score (nSPS) is 14.9. The van der Waals surface area contributed by atoms with E-state index >= 15 is 0 Å². The van der Waals surface area contributed by atoms with Crippen LogP contribution in [0.3, 0.4) is 0 Å². The number of hydrogen-bond donors (Lipinski definition) is 1. The van der Waals surface area contributed by atoms with E-state index in [0.29, 0.717) is 34.4 Å². The van der Waals surface area contributed by atoms with E-state index in [2.05, 4.69) is 5.32 Å². The number of thioether (sulfide) groups is 1. The summed E-state index contributed by atoms with van der Waals surface area (Å²) < 4.78 is 55.7. The first kappa shape index (κ1) is 27.5. The molecule has 0 bridgehead atoms. The van der Waals surface area contributed by atoms with Crippen LogP contribution in [0.4, 0.5) is 18.9 Å². The Morgan fingerprint density at radius 1 is 1.17 bits per heavy atom. The number of rotatable bonds is 10. The predicted molar refractivity (Wildman–Crippen MR) is 135 cm³/mol. The highest BCUT2D eigenvalue weighted by atomic mass is 32.2. The molecule has 0 unspecified atom stereocenters. The number of carbonyl (C=O) groups is 2. The lowest BCUT2D eigenvalue weighted by Crippen LogP contribution is -2.29. The molecule has 12 heteroatoms. The van der Waals surface area contributed by atoms with Gasteiger partial charge in [0, 0.05) is 20.3 Å². The molecule has 2 aromatic carbocycles. The van der Waals surface area contributed by atoms with Crippen molar-refractivity contribution < 1.29 is 37.0 Å². The van der Waals surface area contributed by atoms with Crippen LogP contribution in [0.15, 0.2) is 47.4 Å². The summed E-state index contributed by atoms with van der Waals surface area (Å²) in [6.07, 6.45) is -2.28. The minimum absolute atomic E-state index is 0.198. The number of para-hydroxylation sites is 1. The zero-order chi connectivity index (χ0) is 26.3. The first-order valence-corrected chi connectivity index (χ1v) is 11.9. The molecule has 0 atom stereocenters. The maximum absolute atomic E-state index is 13.1. The van der Waals surface area contributed by atoms with Crippen molar-refractivity contribution in [1.29, 1.82) is 0 Å². The fourth-order valence-corrected chi connectivity index (χ4v) is 4.58. The Bertz CT molecular complexity index is 1170. The minimum Gasteiger partial charge on any atom is -0.493 e. The zero-order valence-corrected chi connectivity index (χ0v) is 21.0. The first-order valence-electron chi connectivity index (χ1n) is 10.6. The number of ether oxygens (including phenoxy) is 3. The minimum atomic E-state index is -4.61. The summed E-state index contributed by atoms with van der Waals surface area (Å²) in [6, 6.07) is 9.49. The predicted octanol–water partition coefficient (Wildman–Crippen LogP) is 4.97. The quantitative estimate of drug-likeness (QED) is 0.259. The molecule has 1 saturated heterocycles. The van der Waals surface area contributed by atoms with E-state index in [4.69, 9.17) is 26.4 Å². The molecule has 2 aromatic rings. The molecule has 0 radical (unpaired) electrons. The molecule has 0 saturated carbocycles.